The molecule has 2 rings (SSSR count). The third kappa shape index (κ3) is 5.33. The Bertz CT molecular complexity index is 760. The van der Waals surface area contributed by atoms with Crippen molar-refractivity contribution in [1.29, 1.82) is 0 Å². The van der Waals surface area contributed by atoms with E-state index in [0.29, 0.717) is 10.8 Å². The van der Waals surface area contributed by atoms with Crippen LogP contribution in [-0.2, 0) is 11.2 Å². The van der Waals surface area contributed by atoms with E-state index in [1.54, 1.807) is 0 Å². The molecule has 0 spiro atoms. The smallest absolute Gasteiger partial charge is 0.277 e. The van der Waals surface area contributed by atoms with Crippen molar-refractivity contribution in [3.63, 3.8) is 0 Å². The Hall–Kier alpha value is -2.33. The Kier molecular flexibility index (Phi) is 6.59. The molecule has 0 saturated carbocycles. The fourth-order valence-electron chi connectivity index (χ4n) is 2.36. The van der Waals surface area contributed by atoms with Gasteiger partial charge in [0.25, 0.3) is 5.91 Å². The van der Waals surface area contributed by atoms with E-state index in [1.165, 1.54) is 5.56 Å². The summed E-state index contributed by atoms with van der Waals surface area (Å²) >= 11 is 6.12. The van der Waals surface area contributed by atoms with Crippen LogP contribution in [0.3, 0.4) is 0 Å². The molecule has 2 aromatic rings. The maximum absolute atomic E-state index is 11.9. The lowest BCUT2D eigenvalue weighted by molar-refractivity contribution is -0.123. The summed E-state index contributed by atoms with van der Waals surface area (Å²) in [6, 6.07) is 11.7. The van der Waals surface area contributed by atoms with E-state index in [9.17, 15) is 4.79 Å². The molecule has 25 heavy (non-hydrogen) atoms. The monoisotopic (exact) mass is 358 g/mol. The van der Waals surface area contributed by atoms with Crippen LogP contribution in [0.5, 0.6) is 5.75 Å². The molecule has 0 unspecified atom stereocenters. The van der Waals surface area contributed by atoms with Crippen molar-refractivity contribution < 1.29 is 9.53 Å². The highest BCUT2D eigenvalue weighted by molar-refractivity contribution is 6.32. The summed E-state index contributed by atoms with van der Waals surface area (Å²) in [6.07, 6.45) is 0.994. The normalized spacial score (nSPS) is 11.3. The molecule has 1 N–H and O–H groups in total. The first-order valence-corrected chi connectivity index (χ1v) is 8.60. The average molecular weight is 359 g/mol. The minimum atomic E-state index is -0.310. The molecule has 0 bridgehead atoms. The second kappa shape index (κ2) is 8.67. The lowest BCUT2D eigenvalue weighted by Crippen LogP contribution is -2.25. The SMILES string of the molecule is CCc1ccc(C(C)=NNC(=O)COc2cc(C)c(Cl)c(C)c2)cc1. The maximum atomic E-state index is 11.9. The summed E-state index contributed by atoms with van der Waals surface area (Å²) in [5.41, 5.74) is 7.34. The Balaban J connectivity index is 1.91. The van der Waals surface area contributed by atoms with Crippen LogP contribution in [0, 0.1) is 13.8 Å². The molecule has 4 nitrogen and oxygen atoms in total. The predicted molar refractivity (Wildman–Crippen MR) is 103 cm³/mol. The summed E-state index contributed by atoms with van der Waals surface area (Å²) in [5, 5.41) is 4.84. The van der Waals surface area contributed by atoms with Gasteiger partial charge in [0.1, 0.15) is 5.75 Å². The van der Waals surface area contributed by atoms with Gasteiger partial charge in [-0.15, -0.1) is 0 Å². The first-order valence-electron chi connectivity index (χ1n) is 8.22. The van der Waals surface area contributed by atoms with Gasteiger partial charge in [-0.2, -0.15) is 5.10 Å². The molecule has 132 valence electrons. The number of nitrogens with one attached hydrogen (secondary N) is 1. The Morgan fingerprint density at radius 3 is 2.32 bits per heavy atom. The number of hydrogen-bond acceptors (Lipinski definition) is 3. The number of carbonyl (C=O) groups is 1. The predicted octanol–water partition coefficient (Wildman–Crippen LogP) is 4.44. The van der Waals surface area contributed by atoms with E-state index in [2.05, 4.69) is 29.6 Å². The van der Waals surface area contributed by atoms with Crippen molar-refractivity contribution in [2.75, 3.05) is 6.61 Å². The van der Waals surface area contributed by atoms with Crippen molar-refractivity contribution in [3.05, 3.63) is 63.7 Å². The van der Waals surface area contributed by atoms with E-state index in [4.69, 9.17) is 16.3 Å². The minimum absolute atomic E-state index is 0.105. The van der Waals surface area contributed by atoms with E-state index >= 15 is 0 Å². The first-order chi connectivity index (χ1) is 11.9. The number of ether oxygens (including phenoxy) is 1. The zero-order valence-electron chi connectivity index (χ0n) is 15.0. The van der Waals surface area contributed by atoms with Gasteiger partial charge < -0.3 is 4.74 Å². The number of amides is 1. The van der Waals surface area contributed by atoms with Crippen LogP contribution in [0.2, 0.25) is 5.02 Å². The van der Waals surface area contributed by atoms with Crippen LogP contribution in [0.25, 0.3) is 0 Å². The van der Waals surface area contributed by atoms with Crippen LogP contribution in [0.4, 0.5) is 0 Å². The molecule has 0 aliphatic rings. The molecule has 0 aliphatic carbocycles. The van der Waals surface area contributed by atoms with E-state index in [0.717, 1.165) is 28.8 Å². The number of carbonyl (C=O) groups excluding carboxylic acids is 1. The summed E-state index contributed by atoms with van der Waals surface area (Å²) in [5.74, 6) is 0.306. The summed E-state index contributed by atoms with van der Waals surface area (Å²) in [6.45, 7) is 7.67. The molecular formula is C20H23ClN2O2. The summed E-state index contributed by atoms with van der Waals surface area (Å²) in [4.78, 5) is 11.9. The Morgan fingerprint density at radius 1 is 1.16 bits per heavy atom. The van der Waals surface area contributed by atoms with Gasteiger partial charge in [-0.3, -0.25) is 4.79 Å². The highest BCUT2D eigenvalue weighted by Gasteiger charge is 2.06. The standard InChI is InChI=1S/C20H23ClN2O2/c1-5-16-6-8-17(9-7-16)15(4)22-23-19(24)12-25-18-10-13(2)20(21)14(3)11-18/h6-11H,5,12H2,1-4H3,(H,23,24). The van der Waals surface area contributed by atoms with Crippen molar-refractivity contribution in [2.45, 2.75) is 34.1 Å². The number of nitrogens with zero attached hydrogens (tertiary/aromatic N) is 1. The number of benzene rings is 2. The van der Waals surface area contributed by atoms with Gasteiger partial charge in [0, 0.05) is 5.02 Å². The number of halogens is 1. The molecule has 0 atom stereocenters. The van der Waals surface area contributed by atoms with Gasteiger partial charge in [0.2, 0.25) is 0 Å². The summed E-state index contributed by atoms with van der Waals surface area (Å²) in [7, 11) is 0. The Morgan fingerprint density at radius 2 is 1.76 bits per heavy atom. The second-order valence-electron chi connectivity index (χ2n) is 5.94. The van der Waals surface area contributed by atoms with Crippen molar-refractivity contribution in [1.82, 2.24) is 5.43 Å². The van der Waals surface area contributed by atoms with Crippen molar-refractivity contribution >= 4 is 23.2 Å². The minimum Gasteiger partial charge on any atom is -0.484 e. The fourth-order valence-corrected chi connectivity index (χ4v) is 2.47. The molecule has 0 radical (unpaired) electrons. The number of hydrogen-bond donors (Lipinski definition) is 1. The topological polar surface area (TPSA) is 50.7 Å². The molecule has 0 fully saturated rings. The van der Waals surface area contributed by atoms with Gasteiger partial charge in [-0.25, -0.2) is 5.43 Å². The molecular weight excluding hydrogens is 336 g/mol. The molecule has 0 saturated heterocycles. The van der Waals surface area contributed by atoms with E-state index in [1.807, 2.05) is 45.0 Å². The maximum Gasteiger partial charge on any atom is 0.277 e. The molecule has 5 heteroatoms. The van der Waals surface area contributed by atoms with Crippen LogP contribution in [0.15, 0.2) is 41.5 Å². The highest BCUT2D eigenvalue weighted by atomic mass is 35.5. The van der Waals surface area contributed by atoms with Crippen molar-refractivity contribution in [3.8, 4) is 5.75 Å². The van der Waals surface area contributed by atoms with Gasteiger partial charge in [0.05, 0.1) is 5.71 Å². The van der Waals surface area contributed by atoms with Crippen LogP contribution in [0.1, 0.15) is 36.1 Å². The molecule has 2 aromatic carbocycles. The van der Waals surface area contributed by atoms with E-state index < -0.39 is 0 Å². The zero-order valence-corrected chi connectivity index (χ0v) is 15.8. The van der Waals surface area contributed by atoms with Crippen LogP contribution in [-0.4, -0.2) is 18.2 Å². The third-order valence-electron chi connectivity index (χ3n) is 3.91. The fraction of sp³-hybridized carbons (Fsp3) is 0.300. The Labute approximate surface area is 153 Å². The van der Waals surface area contributed by atoms with Gasteiger partial charge in [-0.05, 0) is 61.6 Å². The second-order valence-corrected chi connectivity index (χ2v) is 6.32. The third-order valence-corrected chi connectivity index (χ3v) is 4.50. The quantitative estimate of drug-likeness (QED) is 0.613. The first kappa shape index (κ1) is 19.0. The molecule has 0 aliphatic heterocycles. The van der Waals surface area contributed by atoms with Crippen LogP contribution >= 0.6 is 11.6 Å². The van der Waals surface area contributed by atoms with Gasteiger partial charge in [-0.1, -0.05) is 42.8 Å². The number of rotatable bonds is 6. The lowest BCUT2D eigenvalue weighted by atomic mass is 10.1. The summed E-state index contributed by atoms with van der Waals surface area (Å²) < 4.78 is 5.51. The average Bonchev–Trinajstić information content (AvgIpc) is 2.62. The van der Waals surface area contributed by atoms with Crippen LogP contribution < -0.4 is 10.2 Å². The van der Waals surface area contributed by atoms with E-state index in [-0.39, 0.29) is 12.5 Å². The van der Waals surface area contributed by atoms with Gasteiger partial charge >= 0.3 is 0 Å². The molecule has 1 amide bonds. The molecule has 0 heterocycles. The zero-order chi connectivity index (χ0) is 18.4. The highest BCUT2D eigenvalue weighted by Crippen LogP contribution is 2.25. The number of aryl methyl sites for hydroxylation is 3. The lowest BCUT2D eigenvalue weighted by Gasteiger charge is -2.09. The van der Waals surface area contributed by atoms with Crippen molar-refractivity contribution in [2.24, 2.45) is 5.10 Å². The van der Waals surface area contributed by atoms with Gasteiger partial charge in [0.15, 0.2) is 6.61 Å². The largest absolute Gasteiger partial charge is 0.484 e. The molecule has 0 aromatic heterocycles. The number of hydrazone groups is 1.